The number of aryl methyl sites for hydroxylation is 1. The predicted molar refractivity (Wildman–Crippen MR) is 73.7 cm³/mol. The lowest BCUT2D eigenvalue weighted by molar-refractivity contribution is 0.0365. The topological polar surface area (TPSA) is 93.8 Å². The Balaban J connectivity index is 2.82. The van der Waals surface area contributed by atoms with Crippen LogP contribution in [0.1, 0.15) is 15.9 Å². The third-order valence-electron chi connectivity index (χ3n) is 2.84. The smallest absolute Gasteiger partial charge is 0.337 e. The van der Waals surface area contributed by atoms with Gasteiger partial charge in [-0.2, -0.15) is 0 Å². The highest BCUT2D eigenvalue weighted by atomic mass is 16.5. The maximum absolute atomic E-state index is 11.1. The minimum Gasteiger partial charge on any atom is -0.478 e. The summed E-state index contributed by atoms with van der Waals surface area (Å²) in [4.78, 5) is 11.1. The molecule has 1 aromatic rings. The molecule has 4 N–H and O–H groups in total. The summed E-state index contributed by atoms with van der Waals surface area (Å²) in [6.45, 7) is 2.76. The third kappa shape index (κ3) is 4.11. The molecule has 0 saturated heterocycles. The summed E-state index contributed by atoms with van der Waals surface area (Å²) in [7, 11) is 3.20. The molecule has 0 aliphatic rings. The minimum absolute atomic E-state index is 0.100. The van der Waals surface area contributed by atoms with Gasteiger partial charge >= 0.3 is 5.97 Å². The minimum atomic E-state index is -1.04. The van der Waals surface area contributed by atoms with Crippen molar-refractivity contribution in [2.24, 2.45) is 0 Å². The number of anilines is 2. The zero-order valence-electron chi connectivity index (χ0n) is 11.4. The number of nitrogen functional groups attached to an aromatic ring is 1. The Morgan fingerprint density at radius 2 is 2.16 bits per heavy atom. The number of aromatic carboxylic acids is 1. The average Bonchev–Trinajstić information content (AvgIpc) is 2.37. The molecule has 0 heterocycles. The van der Waals surface area contributed by atoms with Gasteiger partial charge in [-0.15, -0.1) is 0 Å². The van der Waals surface area contributed by atoms with Gasteiger partial charge in [0, 0.05) is 32.1 Å². The fraction of sp³-hybridized carbons (Fsp3) is 0.462. The number of carboxylic acids is 1. The number of hydrogen-bond donors (Lipinski definition) is 3. The maximum atomic E-state index is 11.1. The summed E-state index contributed by atoms with van der Waals surface area (Å²) in [6, 6.07) is 3.32. The van der Waals surface area contributed by atoms with E-state index in [1.807, 2.05) is 0 Å². The van der Waals surface area contributed by atoms with Gasteiger partial charge in [0.15, 0.2) is 0 Å². The zero-order chi connectivity index (χ0) is 14.4. The summed E-state index contributed by atoms with van der Waals surface area (Å²) in [5.41, 5.74) is 7.54. The van der Waals surface area contributed by atoms with Gasteiger partial charge in [-0.05, 0) is 24.6 Å². The molecule has 0 bridgehead atoms. The Labute approximate surface area is 112 Å². The highest BCUT2D eigenvalue weighted by molar-refractivity contribution is 5.95. The van der Waals surface area contributed by atoms with Crippen molar-refractivity contribution in [1.82, 2.24) is 0 Å². The Morgan fingerprint density at radius 1 is 1.47 bits per heavy atom. The number of ether oxygens (including phenoxy) is 2. The Bertz CT molecular complexity index is 449. The second-order valence-electron chi connectivity index (χ2n) is 4.25. The lowest BCUT2D eigenvalue weighted by atomic mass is 10.1. The van der Waals surface area contributed by atoms with Crippen LogP contribution in [-0.2, 0) is 9.47 Å². The fourth-order valence-corrected chi connectivity index (χ4v) is 1.71. The molecular weight excluding hydrogens is 248 g/mol. The number of methoxy groups -OCH3 is 2. The van der Waals surface area contributed by atoms with E-state index in [4.69, 9.17) is 20.3 Å². The van der Waals surface area contributed by atoms with Crippen LogP contribution < -0.4 is 11.1 Å². The molecule has 1 unspecified atom stereocenters. The standard InChI is InChI=1S/C13H20N2O4/c1-8-4-9(5-11(12(8)14)13(16)17)15-6-10(19-3)7-18-2/h4-5,10,15H,6-7,14H2,1-3H3,(H,16,17). The largest absolute Gasteiger partial charge is 0.478 e. The molecule has 0 fully saturated rings. The second-order valence-corrected chi connectivity index (χ2v) is 4.25. The van der Waals surface area contributed by atoms with E-state index in [-0.39, 0.29) is 11.7 Å². The number of rotatable bonds is 7. The summed E-state index contributed by atoms with van der Waals surface area (Å²) < 4.78 is 10.2. The first-order valence-electron chi connectivity index (χ1n) is 5.88. The summed E-state index contributed by atoms with van der Waals surface area (Å²) in [6.07, 6.45) is -0.101. The van der Waals surface area contributed by atoms with Crippen LogP contribution in [0.3, 0.4) is 0 Å². The van der Waals surface area contributed by atoms with Crippen molar-refractivity contribution in [3.63, 3.8) is 0 Å². The molecule has 106 valence electrons. The van der Waals surface area contributed by atoms with Gasteiger partial charge in [0.05, 0.1) is 18.3 Å². The van der Waals surface area contributed by atoms with Crippen LogP contribution in [0.15, 0.2) is 12.1 Å². The van der Waals surface area contributed by atoms with Gasteiger partial charge in [0.2, 0.25) is 0 Å². The highest BCUT2D eigenvalue weighted by Crippen LogP contribution is 2.22. The van der Waals surface area contributed by atoms with Crippen molar-refractivity contribution in [2.45, 2.75) is 13.0 Å². The number of carboxylic acid groups (broad SMARTS) is 1. The molecule has 19 heavy (non-hydrogen) atoms. The van der Waals surface area contributed by atoms with Crippen LogP contribution >= 0.6 is 0 Å². The molecule has 0 aliphatic carbocycles. The Hall–Kier alpha value is -1.79. The summed E-state index contributed by atoms with van der Waals surface area (Å²) in [5.74, 6) is -1.04. The molecule has 0 radical (unpaired) electrons. The van der Waals surface area contributed by atoms with Gasteiger partial charge in [0.1, 0.15) is 0 Å². The van der Waals surface area contributed by atoms with Crippen LogP contribution in [0.2, 0.25) is 0 Å². The molecule has 0 aliphatic heterocycles. The Kier molecular flexibility index (Phi) is 5.59. The lowest BCUT2D eigenvalue weighted by Crippen LogP contribution is -2.26. The van der Waals surface area contributed by atoms with Gasteiger partial charge in [0.25, 0.3) is 0 Å². The SMILES string of the molecule is COCC(CNc1cc(C)c(N)c(C(=O)O)c1)OC. The van der Waals surface area contributed by atoms with E-state index in [1.54, 1.807) is 27.2 Å². The first-order valence-corrected chi connectivity index (χ1v) is 5.88. The number of hydrogen-bond acceptors (Lipinski definition) is 5. The van der Waals surface area contributed by atoms with Crippen LogP contribution in [0.4, 0.5) is 11.4 Å². The van der Waals surface area contributed by atoms with E-state index >= 15 is 0 Å². The number of nitrogens with two attached hydrogens (primary N) is 1. The molecule has 1 atom stereocenters. The molecular formula is C13H20N2O4. The van der Waals surface area contributed by atoms with Crippen LogP contribution in [-0.4, -0.2) is 44.6 Å². The highest BCUT2D eigenvalue weighted by Gasteiger charge is 2.13. The van der Waals surface area contributed by atoms with Crippen LogP contribution in [0.25, 0.3) is 0 Å². The Morgan fingerprint density at radius 3 is 2.68 bits per heavy atom. The molecule has 0 amide bonds. The molecule has 1 aromatic carbocycles. The van der Waals surface area contributed by atoms with Gasteiger partial charge in [-0.3, -0.25) is 0 Å². The lowest BCUT2D eigenvalue weighted by Gasteiger charge is -2.17. The van der Waals surface area contributed by atoms with Crippen molar-refractivity contribution in [3.8, 4) is 0 Å². The quantitative estimate of drug-likeness (QED) is 0.646. The van der Waals surface area contributed by atoms with E-state index in [2.05, 4.69) is 5.32 Å². The number of benzene rings is 1. The second kappa shape index (κ2) is 6.96. The molecule has 6 nitrogen and oxygen atoms in total. The van der Waals surface area contributed by atoms with E-state index < -0.39 is 5.97 Å². The first-order chi connectivity index (χ1) is 8.99. The molecule has 6 heteroatoms. The average molecular weight is 268 g/mol. The van der Waals surface area contributed by atoms with E-state index in [9.17, 15) is 4.79 Å². The van der Waals surface area contributed by atoms with Crippen molar-refractivity contribution < 1.29 is 19.4 Å². The summed E-state index contributed by atoms with van der Waals surface area (Å²) in [5, 5.41) is 12.2. The zero-order valence-corrected chi connectivity index (χ0v) is 11.4. The molecule has 1 rings (SSSR count). The van der Waals surface area contributed by atoms with Crippen molar-refractivity contribution in [2.75, 3.05) is 38.4 Å². The van der Waals surface area contributed by atoms with Crippen molar-refractivity contribution in [1.29, 1.82) is 0 Å². The van der Waals surface area contributed by atoms with Gasteiger partial charge in [-0.1, -0.05) is 0 Å². The molecule has 0 aromatic heterocycles. The molecule has 0 saturated carbocycles. The van der Waals surface area contributed by atoms with Crippen molar-refractivity contribution >= 4 is 17.3 Å². The van der Waals surface area contributed by atoms with Gasteiger partial charge < -0.3 is 25.6 Å². The fourth-order valence-electron chi connectivity index (χ4n) is 1.71. The normalized spacial score (nSPS) is 12.2. The van der Waals surface area contributed by atoms with Crippen molar-refractivity contribution in [3.05, 3.63) is 23.3 Å². The van der Waals surface area contributed by atoms with E-state index in [0.717, 1.165) is 5.56 Å². The monoisotopic (exact) mass is 268 g/mol. The first kappa shape index (κ1) is 15.3. The van der Waals surface area contributed by atoms with E-state index in [1.165, 1.54) is 6.07 Å². The van der Waals surface area contributed by atoms with Crippen LogP contribution in [0.5, 0.6) is 0 Å². The maximum Gasteiger partial charge on any atom is 0.337 e. The third-order valence-corrected chi connectivity index (χ3v) is 2.84. The number of nitrogens with one attached hydrogen (secondary N) is 1. The predicted octanol–water partition coefficient (Wildman–Crippen LogP) is 1.35. The molecule has 0 spiro atoms. The van der Waals surface area contributed by atoms with E-state index in [0.29, 0.717) is 24.5 Å². The van der Waals surface area contributed by atoms with Gasteiger partial charge in [-0.25, -0.2) is 4.79 Å². The van der Waals surface area contributed by atoms with Crippen LogP contribution in [0, 0.1) is 6.92 Å². The number of carbonyl (C=O) groups is 1. The summed E-state index contributed by atoms with van der Waals surface area (Å²) >= 11 is 0.